The molecule has 116 valence electrons. The van der Waals surface area contributed by atoms with Crippen LogP contribution in [0.5, 0.6) is 11.5 Å². The molecule has 2 aromatic carbocycles. The molecule has 6 heteroatoms. The summed E-state index contributed by atoms with van der Waals surface area (Å²) in [6.07, 6.45) is -3.79. The number of hydrogen-bond acceptors (Lipinski definition) is 2. The highest BCUT2D eigenvalue weighted by atomic mass is 19.4. The average molecular weight is 311 g/mol. The molecule has 3 rings (SSSR count). The van der Waals surface area contributed by atoms with Crippen molar-refractivity contribution in [3.8, 4) is 11.5 Å². The SMILES string of the molecule is Fc1cc(Oc2ccc3c(c2)CNCC3)ccc1C(F)(F)F. The number of benzene rings is 2. The Morgan fingerprint density at radius 2 is 1.68 bits per heavy atom. The zero-order valence-corrected chi connectivity index (χ0v) is 11.5. The minimum atomic E-state index is -4.71. The molecule has 0 spiro atoms. The van der Waals surface area contributed by atoms with Gasteiger partial charge in [0.25, 0.3) is 0 Å². The molecule has 0 aromatic heterocycles. The smallest absolute Gasteiger partial charge is 0.419 e. The van der Waals surface area contributed by atoms with E-state index in [-0.39, 0.29) is 5.75 Å². The molecule has 1 aliphatic rings. The second-order valence-corrected chi connectivity index (χ2v) is 5.10. The molecule has 1 N–H and O–H groups in total. The number of alkyl halides is 3. The summed E-state index contributed by atoms with van der Waals surface area (Å²) in [6, 6.07) is 8.03. The van der Waals surface area contributed by atoms with Gasteiger partial charge >= 0.3 is 6.18 Å². The molecule has 0 aliphatic carbocycles. The third-order valence-electron chi connectivity index (χ3n) is 3.55. The van der Waals surface area contributed by atoms with Crippen molar-refractivity contribution < 1.29 is 22.3 Å². The van der Waals surface area contributed by atoms with Crippen LogP contribution in [0, 0.1) is 5.82 Å². The second kappa shape index (κ2) is 5.61. The normalized spacial score (nSPS) is 14.5. The van der Waals surface area contributed by atoms with E-state index in [0.717, 1.165) is 30.7 Å². The highest BCUT2D eigenvalue weighted by Gasteiger charge is 2.34. The molecule has 0 fully saturated rings. The maximum atomic E-state index is 13.5. The molecule has 22 heavy (non-hydrogen) atoms. The van der Waals surface area contributed by atoms with Gasteiger partial charge in [-0.2, -0.15) is 13.2 Å². The van der Waals surface area contributed by atoms with E-state index in [1.807, 2.05) is 12.1 Å². The summed E-state index contributed by atoms with van der Waals surface area (Å²) in [4.78, 5) is 0. The third-order valence-corrected chi connectivity index (χ3v) is 3.55. The maximum absolute atomic E-state index is 13.5. The lowest BCUT2D eigenvalue weighted by Gasteiger charge is -2.18. The summed E-state index contributed by atoms with van der Waals surface area (Å²) in [5, 5.41) is 3.22. The number of halogens is 4. The quantitative estimate of drug-likeness (QED) is 0.836. The van der Waals surface area contributed by atoms with Gasteiger partial charge in [-0.3, -0.25) is 0 Å². The van der Waals surface area contributed by atoms with Crippen molar-refractivity contribution in [2.24, 2.45) is 0 Å². The summed E-state index contributed by atoms with van der Waals surface area (Å²) in [5.74, 6) is -0.833. The Kier molecular flexibility index (Phi) is 3.78. The number of hydrogen-bond donors (Lipinski definition) is 1. The van der Waals surface area contributed by atoms with Crippen LogP contribution in [0.4, 0.5) is 17.6 Å². The van der Waals surface area contributed by atoms with Crippen molar-refractivity contribution in [2.75, 3.05) is 6.54 Å². The van der Waals surface area contributed by atoms with Crippen molar-refractivity contribution in [3.63, 3.8) is 0 Å². The molecule has 0 amide bonds. The van der Waals surface area contributed by atoms with Gasteiger partial charge in [-0.15, -0.1) is 0 Å². The third kappa shape index (κ3) is 3.06. The number of rotatable bonds is 2. The van der Waals surface area contributed by atoms with Crippen molar-refractivity contribution in [1.29, 1.82) is 0 Å². The summed E-state index contributed by atoms with van der Waals surface area (Å²) in [7, 11) is 0. The van der Waals surface area contributed by atoms with E-state index in [1.54, 1.807) is 6.07 Å². The van der Waals surface area contributed by atoms with Crippen LogP contribution in [0.25, 0.3) is 0 Å². The second-order valence-electron chi connectivity index (χ2n) is 5.10. The van der Waals surface area contributed by atoms with Crippen LogP contribution in [0.2, 0.25) is 0 Å². The lowest BCUT2D eigenvalue weighted by atomic mass is 10.0. The fourth-order valence-electron chi connectivity index (χ4n) is 2.45. The molecule has 0 saturated heterocycles. The summed E-state index contributed by atoms with van der Waals surface area (Å²) in [6.45, 7) is 1.63. The van der Waals surface area contributed by atoms with Crippen molar-refractivity contribution in [3.05, 3.63) is 58.9 Å². The first kappa shape index (κ1) is 14.8. The largest absolute Gasteiger partial charge is 0.457 e. The summed E-state index contributed by atoms with van der Waals surface area (Å²) in [5.41, 5.74) is 0.996. The zero-order chi connectivity index (χ0) is 15.7. The van der Waals surface area contributed by atoms with Gasteiger partial charge in [-0.1, -0.05) is 6.07 Å². The van der Waals surface area contributed by atoms with Crippen LogP contribution >= 0.6 is 0 Å². The molecule has 1 aliphatic heterocycles. The van der Waals surface area contributed by atoms with E-state index in [1.165, 1.54) is 5.56 Å². The molecular weight excluding hydrogens is 298 g/mol. The van der Waals surface area contributed by atoms with E-state index in [4.69, 9.17) is 4.74 Å². The predicted molar refractivity (Wildman–Crippen MR) is 73.3 cm³/mol. The fourth-order valence-corrected chi connectivity index (χ4v) is 2.45. The Bertz CT molecular complexity index is 697. The highest BCUT2D eigenvalue weighted by Crippen LogP contribution is 2.34. The van der Waals surface area contributed by atoms with Crippen molar-refractivity contribution in [2.45, 2.75) is 19.1 Å². The van der Waals surface area contributed by atoms with Gasteiger partial charge < -0.3 is 10.1 Å². The Morgan fingerprint density at radius 1 is 0.955 bits per heavy atom. The van der Waals surface area contributed by atoms with Gasteiger partial charge in [0.15, 0.2) is 0 Å². The molecule has 0 bridgehead atoms. The Morgan fingerprint density at radius 3 is 2.41 bits per heavy atom. The van der Waals surface area contributed by atoms with Gasteiger partial charge in [0.05, 0.1) is 5.56 Å². The number of nitrogens with one attached hydrogen (secondary N) is 1. The van der Waals surface area contributed by atoms with Crippen LogP contribution in [0.1, 0.15) is 16.7 Å². The van der Waals surface area contributed by atoms with Crippen LogP contribution in [0.3, 0.4) is 0 Å². The van der Waals surface area contributed by atoms with E-state index in [9.17, 15) is 17.6 Å². The Labute approximate surface area is 124 Å². The average Bonchev–Trinajstić information content (AvgIpc) is 2.46. The lowest BCUT2D eigenvalue weighted by molar-refractivity contribution is -0.140. The van der Waals surface area contributed by atoms with Crippen LogP contribution in [0.15, 0.2) is 36.4 Å². The standard InChI is InChI=1S/C16H13F4NO/c17-15-8-13(3-4-14(15)16(18,19)20)22-12-2-1-10-5-6-21-9-11(10)7-12/h1-4,7-8,21H,5-6,9H2. The zero-order valence-electron chi connectivity index (χ0n) is 11.5. The first-order valence-corrected chi connectivity index (χ1v) is 6.80. The number of ether oxygens (including phenoxy) is 1. The van der Waals surface area contributed by atoms with E-state index in [2.05, 4.69) is 5.32 Å². The fraction of sp³-hybridized carbons (Fsp3) is 0.250. The molecule has 0 atom stereocenters. The highest BCUT2D eigenvalue weighted by molar-refractivity contribution is 5.40. The minimum Gasteiger partial charge on any atom is -0.457 e. The van der Waals surface area contributed by atoms with Crippen LogP contribution in [-0.2, 0) is 19.1 Å². The maximum Gasteiger partial charge on any atom is 0.419 e. The van der Waals surface area contributed by atoms with E-state index < -0.39 is 17.6 Å². The Hall–Kier alpha value is -2.08. The summed E-state index contributed by atoms with van der Waals surface area (Å²) >= 11 is 0. The first-order valence-electron chi connectivity index (χ1n) is 6.80. The molecule has 1 heterocycles. The molecule has 0 unspecified atom stereocenters. The van der Waals surface area contributed by atoms with Crippen molar-refractivity contribution >= 4 is 0 Å². The molecule has 0 saturated carbocycles. The van der Waals surface area contributed by atoms with Crippen LogP contribution in [-0.4, -0.2) is 6.54 Å². The topological polar surface area (TPSA) is 21.3 Å². The molecule has 2 nitrogen and oxygen atoms in total. The lowest BCUT2D eigenvalue weighted by Crippen LogP contribution is -2.23. The molecular formula is C16H13F4NO. The molecule has 0 radical (unpaired) electrons. The van der Waals surface area contributed by atoms with E-state index in [0.29, 0.717) is 18.4 Å². The predicted octanol–water partition coefficient (Wildman–Crippen LogP) is 4.28. The van der Waals surface area contributed by atoms with Gasteiger partial charge in [0.2, 0.25) is 0 Å². The van der Waals surface area contributed by atoms with Gasteiger partial charge in [0, 0.05) is 12.6 Å². The van der Waals surface area contributed by atoms with E-state index >= 15 is 0 Å². The minimum absolute atomic E-state index is 0.0363. The molecule has 2 aromatic rings. The first-order chi connectivity index (χ1) is 10.4. The van der Waals surface area contributed by atoms with Crippen molar-refractivity contribution in [1.82, 2.24) is 5.32 Å². The van der Waals surface area contributed by atoms with Gasteiger partial charge in [-0.05, 0) is 48.4 Å². The van der Waals surface area contributed by atoms with Crippen LogP contribution < -0.4 is 10.1 Å². The summed E-state index contributed by atoms with van der Waals surface area (Å²) < 4.78 is 56.5. The van der Waals surface area contributed by atoms with Gasteiger partial charge in [-0.25, -0.2) is 4.39 Å². The monoisotopic (exact) mass is 311 g/mol. The number of fused-ring (bicyclic) bond motifs is 1. The Balaban J connectivity index is 1.83. The van der Waals surface area contributed by atoms with Gasteiger partial charge in [0.1, 0.15) is 17.3 Å².